The number of carbonyl (C=O) groups is 1. The van der Waals surface area contributed by atoms with Gasteiger partial charge in [0.15, 0.2) is 5.58 Å². The van der Waals surface area contributed by atoms with Crippen LogP contribution in [0.1, 0.15) is 12.1 Å². The highest BCUT2D eigenvalue weighted by Crippen LogP contribution is 2.26. The summed E-state index contributed by atoms with van der Waals surface area (Å²) in [7, 11) is 1.62. The first-order valence-corrected chi connectivity index (χ1v) is 9.85. The fourth-order valence-corrected chi connectivity index (χ4v) is 3.71. The molecule has 0 spiro atoms. The summed E-state index contributed by atoms with van der Waals surface area (Å²) >= 11 is 1.48. The lowest BCUT2D eigenvalue weighted by Gasteiger charge is -2.04. The molecule has 2 aromatic heterocycles. The van der Waals surface area contributed by atoms with E-state index in [1.807, 2.05) is 35.7 Å². The average molecular weight is 410 g/mol. The van der Waals surface area contributed by atoms with Gasteiger partial charge in [-0.15, -0.1) is 11.3 Å². The van der Waals surface area contributed by atoms with Gasteiger partial charge < -0.3 is 13.9 Å². The van der Waals surface area contributed by atoms with E-state index in [9.17, 15) is 9.59 Å². The number of ether oxygens (including phenoxy) is 2. The molecule has 0 N–H and O–H groups in total. The number of para-hydroxylation sites is 2. The van der Waals surface area contributed by atoms with Crippen LogP contribution in [0.15, 0.2) is 63.1 Å². The molecule has 0 aliphatic carbocycles. The number of hydrogen-bond donors (Lipinski definition) is 0. The summed E-state index contributed by atoms with van der Waals surface area (Å²) in [6.45, 7) is 0.287. The molecule has 29 heavy (non-hydrogen) atoms. The van der Waals surface area contributed by atoms with E-state index in [1.165, 1.54) is 15.9 Å². The van der Waals surface area contributed by atoms with Crippen LogP contribution in [0.5, 0.6) is 5.75 Å². The summed E-state index contributed by atoms with van der Waals surface area (Å²) in [6.07, 6.45) is 0.0684. The van der Waals surface area contributed by atoms with Gasteiger partial charge in [0, 0.05) is 17.5 Å². The number of esters is 1. The van der Waals surface area contributed by atoms with Crippen molar-refractivity contribution in [3.63, 3.8) is 0 Å². The Morgan fingerprint density at radius 1 is 1.17 bits per heavy atom. The van der Waals surface area contributed by atoms with Crippen LogP contribution in [0.4, 0.5) is 0 Å². The topological polar surface area (TPSA) is 83.6 Å². The second kappa shape index (κ2) is 8.32. The zero-order valence-electron chi connectivity index (χ0n) is 15.7. The van der Waals surface area contributed by atoms with Crippen molar-refractivity contribution in [2.24, 2.45) is 0 Å². The molecular formula is C21H18N2O5S. The van der Waals surface area contributed by atoms with Crippen molar-refractivity contribution in [2.45, 2.75) is 19.6 Å². The molecule has 4 aromatic rings. The van der Waals surface area contributed by atoms with Crippen molar-refractivity contribution in [3.8, 4) is 16.3 Å². The van der Waals surface area contributed by atoms with E-state index in [2.05, 4.69) is 4.98 Å². The van der Waals surface area contributed by atoms with Gasteiger partial charge in [0.25, 0.3) is 0 Å². The van der Waals surface area contributed by atoms with Gasteiger partial charge in [0.05, 0.1) is 24.7 Å². The molecule has 0 saturated carbocycles. The third kappa shape index (κ3) is 4.22. The number of aryl methyl sites for hydroxylation is 1. The number of aromatic nitrogens is 2. The third-order valence-electron chi connectivity index (χ3n) is 4.38. The molecule has 0 bridgehead atoms. The predicted octanol–water partition coefficient (Wildman–Crippen LogP) is 3.86. The fourth-order valence-electron chi connectivity index (χ4n) is 2.89. The normalized spacial score (nSPS) is 10.9. The number of benzene rings is 2. The highest BCUT2D eigenvalue weighted by atomic mass is 32.1. The van der Waals surface area contributed by atoms with Crippen LogP contribution in [0.2, 0.25) is 0 Å². The van der Waals surface area contributed by atoms with Crippen molar-refractivity contribution < 1.29 is 18.7 Å². The fraction of sp³-hybridized carbons (Fsp3) is 0.190. The molecule has 2 aromatic carbocycles. The van der Waals surface area contributed by atoms with E-state index in [-0.39, 0.29) is 19.6 Å². The molecule has 0 amide bonds. The molecule has 8 heteroatoms. The Labute approximate surface area is 170 Å². The Kier molecular flexibility index (Phi) is 5.44. The number of fused-ring (bicyclic) bond motifs is 1. The molecule has 4 rings (SSSR count). The maximum Gasteiger partial charge on any atom is 0.419 e. The van der Waals surface area contributed by atoms with E-state index in [0.29, 0.717) is 16.8 Å². The summed E-state index contributed by atoms with van der Waals surface area (Å²) in [5.41, 5.74) is 2.81. The molecule has 7 nitrogen and oxygen atoms in total. The van der Waals surface area contributed by atoms with Gasteiger partial charge >= 0.3 is 11.7 Å². The van der Waals surface area contributed by atoms with E-state index in [1.54, 1.807) is 25.3 Å². The minimum absolute atomic E-state index is 0.0684. The average Bonchev–Trinajstić information content (AvgIpc) is 3.34. The lowest BCUT2D eigenvalue weighted by Crippen LogP contribution is -2.17. The molecule has 0 saturated heterocycles. The largest absolute Gasteiger partial charge is 0.497 e. The number of rotatable bonds is 7. The summed E-state index contributed by atoms with van der Waals surface area (Å²) < 4.78 is 17.0. The van der Waals surface area contributed by atoms with E-state index in [0.717, 1.165) is 16.3 Å². The number of nitrogens with zero attached hydrogens (tertiary/aromatic N) is 2. The van der Waals surface area contributed by atoms with Crippen LogP contribution in [-0.4, -0.2) is 22.6 Å². The monoisotopic (exact) mass is 410 g/mol. The first-order chi connectivity index (χ1) is 14.1. The maximum absolute atomic E-state index is 12.1. The minimum atomic E-state index is -0.484. The number of thiazole rings is 1. The van der Waals surface area contributed by atoms with E-state index < -0.39 is 11.7 Å². The Bertz CT molecular complexity index is 1190. The second-order valence-electron chi connectivity index (χ2n) is 6.27. The molecule has 148 valence electrons. The molecule has 2 heterocycles. The van der Waals surface area contributed by atoms with Crippen LogP contribution in [-0.2, 0) is 22.7 Å². The van der Waals surface area contributed by atoms with Crippen molar-refractivity contribution in [1.82, 2.24) is 9.55 Å². The Hall–Kier alpha value is -3.39. The lowest BCUT2D eigenvalue weighted by molar-refractivity contribution is -0.145. The lowest BCUT2D eigenvalue weighted by atomic mass is 10.2. The molecule has 0 aliphatic heterocycles. The first kappa shape index (κ1) is 18.9. The summed E-state index contributed by atoms with van der Waals surface area (Å²) in [5, 5.41) is 2.70. The van der Waals surface area contributed by atoms with Gasteiger partial charge in [-0.3, -0.25) is 9.36 Å². The molecule has 0 radical (unpaired) electrons. The summed E-state index contributed by atoms with van der Waals surface area (Å²) in [6, 6.07) is 14.7. The third-order valence-corrected chi connectivity index (χ3v) is 5.32. The van der Waals surface area contributed by atoms with Gasteiger partial charge in [-0.25, -0.2) is 9.78 Å². The molecular weight excluding hydrogens is 392 g/mol. The molecule has 0 fully saturated rings. The van der Waals surface area contributed by atoms with Gasteiger partial charge in [-0.1, -0.05) is 12.1 Å². The van der Waals surface area contributed by atoms with Crippen LogP contribution in [0, 0.1) is 0 Å². The predicted molar refractivity (Wildman–Crippen MR) is 109 cm³/mol. The van der Waals surface area contributed by atoms with Gasteiger partial charge in [0.2, 0.25) is 0 Å². The van der Waals surface area contributed by atoms with Gasteiger partial charge in [0.1, 0.15) is 17.4 Å². The summed E-state index contributed by atoms with van der Waals surface area (Å²) in [5.74, 6) is -0.104. The standard InChI is InChI=1S/C21H18N2O5S/c1-26-16-8-6-14(7-9-16)20-22-15(13-29-20)12-27-19(24)10-11-23-17-4-2-3-5-18(17)28-21(23)25/h2-9,13H,10-12H2,1H3. The van der Waals surface area contributed by atoms with Crippen LogP contribution >= 0.6 is 11.3 Å². The van der Waals surface area contributed by atoms with Crippen LogP contribution in [0.3, 0.4) is 0 Å². The highest BCUT2D eigenvalue weighted by molar-refractivity contribution is 7.13. The van der Waals surface area contributed by atoms with E-state index in [4.69, 9.17) is 13.9 Å². The number of carbonyl (C=O) groups excluding carboxylic acids is 1. The SMILES string of the molecule is COc1ccc(-c2nc(COC(=O)CCn3c(=O)oc4ccccc43)cs2)cc1. The molecule has 0 aliphatic rings. The Balaban J connectivity index is 1.33. The zero-order valence-corrected chi connectivity index (χ0v) is 16.5. The summed E-state index contributed by atoms with van der Waals surface area (Å²) in [4.78, 5) is 28.5. The minimum Gasteiger partial charge on any atom is -0.497 e. The van der Waals surface area contributed by atoms with Gasteiger partial charge in [-0.2, -0.15) is 0 Å². The number of oxazole rings is 1. The Morgan fingerprint density at radius 3 is 2.76 bits per heavy atom. The van der Waals surface area contributed by atoms with Crippen molar-refractivity contribution in [2.75, 3.05) is 7.11 Å². The maximum atomic E-state index is 12.1. The number of hydrogen-bond acceptors (Lipinski definition) is 7. The van der Waals surface area contributed by atoms with Crippen LogP contribution in [0.25, 0.3) is 21.7 Å². The molecule has 0 atom stereocenters. The first-order valence-electron chi connectivity index (χ1n) is 8.97. The second-order valence-corrected chi connectivity index (χ2v) is 7.13. The quantitative estimate of drug-likeness (QED) is 0.430. The van der Waals surface area contributed by atoms with Gasteiger partial charge in [-0.05, 0) is 36.4 Å². The molecule has 0 unspecified atom stereocenters. The zero-order chi connectivity index (χ0) is 20.2. The van der Waals surface area contributed by atoms with Crippen molar-refractivity contribution >= 4 is 28.4 Å². The van der Waals surface area contributed by atoms with E-state index >= 15 is 0 Å². The van der Waals surface area contributed by atoms with Crippen molar-refractivity contribution in [1.29, 1.82) is 0 Å². The van der Waals surface area contributed by atoms with Crippen LogP contribution < -0.4 is 10.5 Å². The smallest absolute Gasteiger partial charge is 0.419 e. The Morgan fingerprint density at radius 2 is 1.97 bits per heavy atom. The van der Waals surface area contributed by atoms with Crippen molar-refractivity contribution in [3.05, 3.63) is 70.2 Å². The number of methoxy groups -OCH3 is 1. The highest BCUT2D eigenvalue weighted by Gasteiger charge is 2.12.